The van der Waals surface area contributed by atoms with E-state index in [1.54, 1.807) is 61.5 Å². The molecule has 0 fully saturated rings. The Balaban J connectivity index is 1.69. The third-order valence-corrected chi connectivity index (χ3v) is 5.87. The molecule has 42 heavy (non-hydrogen) atoms. The molecule has 222 valence electrons. The van der Waals surface area contributed by atoms with E-state index in [9.17, 15) is 18.0 Å². The Morgan fingerprint density at radius 2 is 1.69 bits per heavy atom. The molecule has 0 aliphatic rings. The third-order valence-electron chi connectivity index (χ3n) is 5.87. The number of hydroxylamine groups is 1. The van der Waals surface area contributed by atoms with E-state index in [0.717, 1.165) is 12.1 Å². The molecular weight excluding hydrogens is 553 g/mol. The number of allylic oxidation sites excluding steroid dienone is 2. The molecule has 0 radical (unpaired) electrons. The molecule has 3 aromatic carbocycles. The number of alkyl halides is 3. The number of nitrogens with zero attached hydrogens (tertiary/aromatic N) is 1. The van der Waals surface area contributed by atoms with Crippen LogP contribution >= 0.6 is 0 Å². The lowest BCUT2D eigenvalue weighted by molar-refractivity contribution is -0.137. The monoisotopic (exact) mass is 584 g/mol. The maximum atomic E-state index is 13.0. The lowest BCUT2D eigenvalue weighted by atomic mass is 10.0. The molecule has 0 spiro atoms. The van der Waals surface area contributed by atoms with Crippen molar-refractivity contribution < 1.29 is 41.9 Å². The number of nitrogens with one attached hydrogen (secondary N) is 1. The van der Waals surface area contributed by atoms with Crippen LogP contribution in [0.25, 0.3) is 5.57 Å². The van der Waals surface area contributed by atoms with Crippen LogP contribution in [-0.2, 0) is 43.3 Å². The molecule has 1 N–H and O–H groups in total. The second-order valence-corrected chi connectivity index (χ2v) is 8.64. The van der Waals surface area contributed by atoms with Gasteiger partial charge in [0, 0.05) is 5.56 Å². The van der Waals surface area contributed by atoms with Gasteiger partial charge in [-0.3, -0.25) is 10.3 Å². The summed E-state index contributed by atoms with van der Waals surface area (Å²) in [5.74, 6) is -0.0931. The van der Waals surface area contributed by atoms with Gasteiger partial charge in [0.25, 0.3) is 0 Å². The molecule has 8 nitrogen and oxygen atoms in total. The maximum Gasteiger partial charge on any atom is 0.416 e. The molecule has 0 aliphatic heterocycles. The molecule has 0 aromatic heterocycles. The smallest absolute Gasteiger partial charge is 0.416 e. The highest BCUT2D eigenvalue weighted by atomic mass is 19.4. The van der Waals surface area contributed by atoms with Crippen molar-refractivity contribution in [2.24, 2.45) is 5.16 Å². The summed E-state index contributed by atoms with van der Waals surface area (Å²) >= 11 is 0. The first-order chi connectivity index (χ1) is 20.2. The Morgan fingerprint density at radius 3 is 2.33 bits per heavy atom. The van der Waals surface area contributed by atoms with Gasteiger partial charge in [0.1, 0.15) is 37.4 Å². The number of carbonyl (C=O) groups excluding carboxylic acids is 1. The van der Waals surface area contributed by atoms with Gasteiger partial charge >= 0.3 is 12.1 Å². The van der Waals surface area contributed by atoms with Crippen molar-refractivity contribution in [1.29, 1.82) is 0 Å². The van der Waals surface area contributed by atoms with Crippen molar-refractivity contribution in [2.75, 3.05) is 21.3 Å². The van der Waals surface area contributed by atoms with Gasteiger partial charge in [-0.05, 0) is 60.0 Å². The van der Waals surface area contributed by atoms with Crippen LogP contribution in [-0.4, -0.2) is 33.0 Å². The predicted molar refractivity (Wildman–Crippen MR) is 151 cm³/mol. The van der Waals surface area contributed by atoms with E-state index < -0.39 is 17.7 Å². The lowest BCUT2D eigenvalue weighted by Gasteiger charge is -2.15. The zero-order chi connectivity index (χ0) is 30.5. The van der Waals surface area contributed by atoms with Crippen LogP contribution in [0.5, 0.6) is 5.75 Å². The Kier molecular flexibility index (Phi) is 11.6. The lowest BCUT2D eigenvalue weighted by Crippen LogP contribution is -2.22. The zero-order valence-electron chi connectivity index (χ0n) is 23.5. The summed E-state index contributed by atoms with van der Waals surface area (Å²) in [6.07, 6.45) is -1.37. The van der Waals surface area contributed by atoms with Crippen LogP contribution < -0.4 is 10.2 Å². The molecule has 0 atom stereocenters. The van der Waals surface area contributed by atoms with Crippen molar-refractivity contribution in [2.45, 2.75) is 26.3 Å². The predicted octanol–water partition coefficient (Wildman–Crippen LogP) is 6.42. The summed E-state index contributed by atoms with van der Waals surface area (Å²) in [6.45, 7) is 1.83. The number of ether oxygens (including phenoxy) is 3. The fourth-order valence-corrected chi connectivity index (χ4v) is 3.86. The minimum absolute atomic E-state index is 0.0312. The van der Waals surface area contributed by atoms with Gasteiger partial charge in [-0.2, -0.15) is 13.2 Å². The second-order valence-electron chi connectivity index (χ2n) is 8.64. The number of esters is 1. The fraction of sp³-hybridized carbons (Fsp3) is 0.226. The first kappa shape index (κ1) is 31.8. The Hall–Kier alpha value is -4.77. The highest BCUT2D eigenvalue weighted by molar-refractivity contribution is 6.16. The largest absolute Gasteiger partial charge is 0.503 e. The minimum atomic E-state index is -4.42. The maximum absolute atomic E-state index is 13.0. The van der Waals surface area contributed by atoms with Crippen molar-refractivity contribution >= 4 is 17.3 Å². The number of halogens is 3. The number of hydrogen-bond donors (Lipinski definition) is 1. The van der Waals surface area contributed by atoms with Crippen LogP contribution in [0.15, 0.2) is 96.0 Å². The van der Waals surface area contributed by atoms with Gasteiger partial charge in [-0.25, -0.2) is 4.79 Å². The number of methoxy groups -OCH3 is 2. The molecule has 3 aromatic rings. The average Bonchev–Trinajstić information content (AvgIpc) is 3.00. The van der Waals surface area contributed by atoms with Crippen molar-refractivity contribution in [1.82, 2.24) is 5.48 Å². The van der Waals surface area contributed by atoms with E-state index in [0.29, 0.717) is 39.4 Å². The molecular formula is C31H31F3N2O6. The average molecular weight is 585 g/mol. The second kappa shape index (κ2) is 15.3. The van der Waals surface area contributed by atoms with Gasteiger partial charge < -0.3 is 19.0 Å². The zero-order valence-corrected chi connectivity index (χ0v) is 23.5. The summed E-state index contributed by atoms with van der Waals surface area (Å²) in [6, 6.07) is 19.0. The van der Waals surface area contributed by atoms with Gasteiger partial charge in [0.2, 0.25) is 0 Å². The first-order valence-corrected chi connectivity index (χ1v) is 12.7. The number of carbonyl (C=O) groups is 1. The molecule has 11 heteroatoms. The molecule has 0 saturated carbocycles. The molecule has 0 heterocycles. The summed E-state index contributed by atoms with van der Waals surface area (Å²) < 4.78 is 54.6. The summed E-state index contributed by atoms with van der Waals surface area (Å²) in [4.78, 5) is 23.1. The summed E-state index contributed by atoms with van der Waals surface area (Å²) in [5, 5.41) is 4.12. The molecule has 0 amide bonds. The Morgan fingerprint density at radius 1 is 0.952 bits per heavy atom. The molecule has 0 unspecified atom stereocenters. The normalized spacial score (nSPS) is 12.5. The fourth-order valence-electron chi connectivity index (χ4n) is 3.86. The first-order valence-electron chi connectivity index (χ1n) is 12.7. The molecule has 0 bridgehead atoms. The molecule has 0 aliphatic carbocycles. The van der Waals surface area contributed by atoms with Gasteiger partial charge in [0.15, 0.2) is 0 Å². The van der Waals surface area contributed by atoms with Crippen molar-refractivity contribution in [3.63, 3.8) is 0 Å². The van der Waals surface area contributed by atoms with Gasteiger partial charge in [-0.15, -0.1) is 0 Å². The number of rotatable bonds is 13. The summed E-state index contributed by atoms with van der Waals surface area (Å²) in [5.41, 5.74) is 5.64. The summed E-state index contributed by atoms with van der Waals surface area (Å²) in [7, 11) is 4.14. The van der Waals surface area contributed by atoms with Crippen LogP contribution in [0.4, 0.5) is 13.2 Å². The van der Waals surface area contributed by atoms with E-state index in [4.69, 9.17) is 23.9 Å². The highest BCUT2D eigenvalue weighted by Gasteiger charge is 2.30. The van der Waals surface area contributed by atoms with E-state index in [1.807, 2.05) is 6.07 Å². The van der Waals surface area contributed by atoms with E-state index in [2.05, 4.69) is 10.6 Å². The molecule has 0 saturated heterocycles. The minimum Gasteiger partial charge on any atom is -0.503 e. The Bertz CT molecular complexity index is 1430. The van der Waals surface area contributed by atoms with Crippen molar-refractivity contribution in [3.8, 4) is 5.75 Å². The highest BCUT2D eigenvalue weighted by Crippen LogP contribution is 2.30. The van der Waals surface area contributed by atoms with Crippen LogP contribution in [0, 0.1) is 0 Å². The standard InChI is InChI=1S/C31H31F3N2O6/c1-5-28(35-42-19-23-10-6-7-12-26(23)27(20-38-2)30(37)39-3)29(36-40-4)22-13-15-25(16-14-22)41-18-21-9-8-11-24(17-21)31(32,33)34/h5-17,20,35H,18-19H2,1-4H3. The quantitative estimate of drug-likeness (QED) is 0.0816. The number of oxime groups is 1. The van der Waals surface area contributed by atoms with E-state index in [-0.39, 0.29) is 18.8 Å². The SMILES string of the molecule is CC=C(NOCc1ccccc1C(=COC)C(=O)OC)C(=NOC)c1ccc(OCc2cccc(C(F)(F)F)c2)cc1. The van der Waals surface area contributed by atoms with Gasteiger partial charge in [-0.1, -0.05) is 47.6 Å². The molecule has 3 rings (SSSR count). The van der Waals surface area contributed by atoms with E-state index >= 15 is 0 Å². The topological polar surface area (TPSA) is 87.6 Å². The van der Waals surface area contributed by atoms with Crippen molar-refractivity contribution in [3.05, 3.63) is 119 Å². The third kappa shape index (κ3) is 8.61. The van der Waals surface area contributed by atoms with Crippen LogP contribution in [0.3, 0.4) is 0 Å². The van der Waals surface area contributed by atoms with Gasteiger partial charge in [0.05, 0.1) is 31.7 Å². The number of benzene rings is 3. The Labute approximate surface area is 241 Å². The number of hydrogen-bond acceptors (Lipinski definition) is 8. The van der Waals surface area contributed by atoms with Crippen LogP contribution in [0.2, 0.25) is 0 Å². The van der Waals surface area contributed by atoms with Crippen LogP contribution in [0.1, 0.15) is 34.7 Å². The van der Waals surface area contributed by atoms with E-state index in [1.165, 1.54) is 33.7 Å².